The standard InChI is InChI=1S/C15H17F3N6O2/c1-3-9(2)19-14(26)20-12(25)8-24-22-13(21-23-24)10-5-4-6-11(7-10)15(16,17)18/h4-7,9H,3,8H2,1-2H3,(H2,19,20,25,26)/t9-/m0/s1. The van der Waals surface area contributed by atoms with Gasteiger partial charge < -0.3 is 5.32 Å². The lowest BCUT2D eigenvalue weighted by Gasteiger charge is -2.11. The van der Waals surface area contributed by atoms with Crippen LogP contribution in [0.4, 0.5) is 18.0 Å². The predicted molar refractivity (Wildman–Crippen MR) is 84.7 cm³/mol. The van der Waals surface area contributed by atoms with Gasteiger partial charge in [-0.1, -0.05) is 19.1 Å². The third-order valence-corrected chi connectivity index (χ3v) is 3.43. The summed E-state index contributed by atoms with van der Waals surface area (Å²) in [5, 5.41) is 15.8. The van der Waals surface area contributed by atoms with E-state index in [-0.39, 0.29) is 17.4 Å². The largest absolute Gasteiger partial charge is 0.416 e. The molecule has 1 aromatic carbocycles. The highest BCUT2D eigenvalue weighted by molar-refractivity contribution is 5.94. The zero-order chi connectivity index (χ0) is 19.3. The lowest BCUT2D eigenvalue weighted by molar-refractivity contribution is -0.137. The van der Waals surface area contributed by atoms with E-state index in [1.807, 2.05) is 6.92 Å². The van der Waals surface area contributed by atoms with E-state index in [0.717, 1.165) is 16.9 Å². The van der Waals surface area contributed by atoms with Gasteiger partial charge in [0.2, 0.25) is 5.82 Å². The SMILES string of the molecule is CC[C@H](C)NC(=O)NC(=O)Cn1nnc(-c2cccc(C(F)(F)F)c2)n1. The Hall–Kier alpha value is -2.98. The molecule has 1 heterocycles. The highest BCUT2D eigenvalue weighted by Crippen LogP contribution is 2.31. The molecule has 11 heteroatoms. The number of imide groups is 1. The molecule has 0 aliphatic rings. The third kappa shape index (κ3) is 5.26. The van der Waals surface area contributed by atoms with E-state index in [9.17, 15) is 22.8 Å². The van der Waals surface area contributed by atoms with Crippen molar-refractivity contribution in [2.75, 3.05) is 0 Å². The van der Waals surface area contributed by atoms with E-state index >= 15 is 0 Å². The lowest BCUT2D eigenvalue weighted by atomic mass is 10.1. The van der Waals surface area contributed by atoms with Crippen molar-refractivity contribution < 1.29 is 22.8 Å². The molecule has 26 heavy (non-hydrogen) atoms. The Balaban J connectivity index is 2.02. The molecular formula is C15H17F3N6O2. The molecule has 0 radical (unpaired) electrons. The monoisotopic (exact) mass is 370 g/mol. The summed E-state index contributed by atoms with van der Waals surface area (Å²) in [7, 11) is 0. The summed E-state index contributed by atoms with van der Waals surface area (Å²) in [5.74, 6) is -0.744. The van der Waals surface area contributed by atoms with Gasteiger partial charge >= 0.3 is 12.2 Å². The fraction of sp³-hybridized carbons (Fsp3) is 0.400. The number of nitrogens with zero attached hydrogens (tertiary/aromatic N) is 4. The Labute approximate surface area is 146 Å². The van der Waals surface area contributed by atoms with Crippen molar-refractivity contribution in [3.63, 3.8) is 0 Å². The maximum Gasteiger partial charge on any atom is 0.416 e. The van der Waals surface area contributed by atoms with Gasteiger partial charge in [-0.05, 0) is 30.7 Å². The molecule has 0 aliphatic carbocycles. The zero-order valence-corrected chi connectivity index (χ0v) is 14.0. The molecule has 0 unspecified atom stereocenters. The van der Waals surface area contributed by atoms with Gasteiger partial charge in [0.05, 0.1) is 5.56 Å². The van der Waals surface area contributed by atoms with Crippen LogP contribution < -0.4 is 10.6 Å². The van der Waals surface area contributed by atoms with Gasteiger partial charge in [0.1, 0.15) is 6.54 Å². The molecule has 0 fully saturated rings. The number of alkyl halides is 3. The van der Waals surface area contributed by atoms with Crippen LogP contribution in [0.3, 0.4) is 0 Å². The number of hydrogen-bond donors (Lipinski definition) is 2. The molecule has 2 N–H and O–H groups in total. The molecule has 2 rings (SSSR count). The van der Waals surface area contributed by atoms with Crippen LogP contribution in [0.25, 0.3) is 11.4 Å². The second-order valence-electron chi connectivity index (χ2n) is 5.55. The third-order valence-electron chi connectivity index (χ3n) is 3.43. The van der Waals surface area contributed by atoms with Crippen molar-refractivity contribution in [3.8, 4) is 11.4 Å². The summed E-state index contributed by atoms with van der Waals surface area (Å²) in [6, 6.07) is 3.70. The first kappa shape index (κ1) is 19.3. The van der Waals surface area contributed by atoms with E-state index in [2.05, 4.69) is 26.0 Å². The maximum atomic E-state index is 12.7. The Bertz CT molecular complexity index is 790. The van der Waals surface area contributed by atoms with Crippen molar-refractivity contribution in [2.45, 2.75) is 39.0 Å². The molecule has 1 atom stereocenters. The number of benzene rings is 1. The molecule has 1 aromatic heterocycles. The lowest BCUT2D eigenvalue weighted by Crippen LogP contribution is -2.44. The Morgan fingerprint density at radius 2 is 2.04 bits per heavy atom. The van der Waals surface area contributed by atoms with Crippen molar-refractivity contribution in [3.05, 3.63) is 29.8 Å². The second-order valence-corrected chi connectivity index (χ2v) is 5.55. The Kier molecular flexibility index (Phi) is 5.90. The van der Waals surface area contributed by atoms with Gasteiger partial charge in [0, 0.05) is 11.6 Å². The van der Waals surface area contributed by atoms with Crippen LogP contribution in [0.5, 0.6) is 0 Å². The van der Waals surface area contributed by atoms with Crippen LogP contribution in [0.1, 0.15) is 25.8 Å². The Morgan fingerprint density at radius 1 is 1.31 bits per heavy atom. The van der Waals surface area contributed by atoms with Gasteiger partial charge in [-0.15, -0.1) is 10.2 Å². The summed E-state index contributed by atoms with van der Waals surface area (Å²) in [6.07, 6.45) is -3.79. The molecule has 0 saturated carbocycles. The molecule has 8 nitrogen and oxygen atoms in total. The fourth-order valence-corrected chi connectivity index (χ4v) is 1.92. The van der Waals surface area contributed by atoms with E-state index in [1.165, 1.54) is 12.1 Å². The van der Waals surface area contributed by atoms with Gasteiger partial charge in [0.15, 0.2) is 0 Å². The molecule has 0 saturated heterocycles. The van der Waals surface area contributed by atoms with Crippen molar-refractivity contribution >= 4 is 11.9 Å². The average molecular weight is 370 g/mol. The number of carbonyl (C=O) groups is 2. The van der Waals surface area contributed by atoms with Crippen molar-refractivity contribution in [1.29, 1.82) is 0 Å². The number of aromatic nitrogens is 4. The Morgan fingerprint density at radius 3 is 2.69 bits per heavy atom. The minimum absolute atomic E-state index is 0.0621. The fourth-order valence-electron chi connectivity index (χ4n) is 1.92. The van der Waals surface area contributed by atoms with E-state index in [4.69, 9.17) is 0 Å². The number of rotatable bonds is 5. The van der Waals surface area contributed by atoms with Crippen LogP contribution in [-0.2, 0) is 17.5 Å². The van der Waals surface area contributed by atoms with Gasteiger partial charge in [-0.3, -0.25) is 10.1 Å². The highest BCUT2D eigenvalue weighted by Gasteiger charge is 2.30. The van der Waals surface area contributed by atoms with Crippen LogP contribution >= 0.6 is 0 Å². The molecule has 140 valence electrons. The highest BCUT2D eigenvalue weighted by atomic mass is 19.4. The van der Waals surface area contributed by atoms with E-state index in [0.29, 0.717) is 6.42 Å². The number of urea groups is 1. The minimum Gasteiger partial charge on any atom is -0.335 e. The predicted octanol–water partition coefficient (Wildman–Crippen LogP) is 1.98. The zero-order valence-electron chi connectivity index (χ0n) is 14.0. The molecule has 2 aromatic rings. The number of carbonyl (C=O) groups excluding carboxylic acids is 2. The number of amides is 3. The smallest absolute Gasteiger partial charge is 0.335 e. The van der Waals surface area contributed by atoms with E-state index < -0.39 is 30.2 Å². The summed E-state index contributed by atoms with van der Waals surface area (Å²) in [5.41, 5.74) is -0.730. The van der Waals surface area contributed by atoms with E-state index in [1.54, 1.807) is 6.92 Å². The minimum atomic E-state index is -4.49. The van der Waals surface area contributed by atoms with Crippen molar-refractivity contribution in [2.24, 2.45) is 0 Å². The van der Waals surface area contributed by atoms with Crippen molar-refractivity contribution in [1.82, 2.24) is 30.8 Å². The number of nitrogens with one attached hydrogen (secondary N) is 2. The number of halogens is 3. The average Bonchev–Trinajstić information content (AvgIpc) is 3.02. The number of hydrogen-bond acceptors (Lipinski definition) is 5. The molecule has 3 amide bonds. The first-order valence-corrected chi connectivity index (χ1v) is 7.74. The van der Waals surface area contributed by atoms with Crippen LogP contribution in [0.15, 0.2) is 24.3 Å². The van der Waals surface area contributed by atoms with Crippen LogP contribution in [0, 0.1) is 0 Å². The maximum absolute atomic E-state index is 12.7. The van der Waals surface area contributed by atoms with Crippen LogP contribution in [0.2, 0.25) is 0 Å². The van der Waals surface area contributed by atoms with Gasteiger partial charge in [-0.25, -0.2) is 4.79 Å². The molecule has 0 bridgehead atoms. The summed E-state index contributed by atoms with van der Waals surface area (Å²) < 4.78 is 38.2. The van der Waals surface area contributed by atoms with Gasteiger partial charge in [-0.2, -0.15) is 18.0 Å². The summed E-state index contributed by atoms with van der Waals surface area (Å²) in [4.78, 5) is 24.2. The number of tetrazole rings is 1. The second kappa shape index (κ2) is 7.93. The molecular weight excluding hydrogens is 353 g/mol. The summed E-state index contributed by atoms with van der Waals surface area (Å²) >= 11 is 0. The first-order valence-electron chi connectivity index (χ1n) is 7.74. The first-order chi connectivity index (χ1) is 12.2. The normalized spacial score (nSPS) is 12.5. The molecule has 0 aliphatic heterocycles. The molecule has 0 spiro atoms. The quantitative estimate of drug-likeness (QED) is 0.838. The summed E-state index contributed by atoms with van der Waals surface area (Å²) in [6.45, 7) is 3.26. The van der Waals surface area contributed by atoms with Crippen LogP contribution in [-0.4, -0.2) is 38.2 Å². The van der Waals surface area contributed by atoms with Gasteiger partial charge in [0.25, 0.3) is 5.91 Å². The topological polar surface area (TPSA) is 102 Å².